The lowest BCUT2D eigenvalue weighted by Gasteiger charge is -2.07. The van der Waals surface area contributed by atoms with Gasteiger partial charge in [-0.05, 0) is 17.7 Å². The summed E-state index contributed by atoms with van der Waals surface area (Å²) in [5.41, 5.74) is 6.06. The van der Waals surface area contributed by atoms with Gasteiger partial charge in [-0.3, -0.25) is 4.79 Å². The fraction of sp³-hybridized carbons (Fsp3) is 0.364. The molecule has 0 atom stereocenters. The van der Waals surface area contributed by atoms with Crippen LogP contribution in [-0.4, -0.2) is 26.1 Å². The van der Waals surface area contributed by atoms with Gasteiger partial charge in [-0.15, -0.1) is 0 Å². The summed E-state index contributed by atoms with van der Waals surface area (Å²) in [7, 11) is 1.57. The van der Waals surface area contributed by atoms with E-state index in [9.17, 15) is 4.79 Å². The SMILES string of the molecule is COc1ccc(CC(=O)NCCN)c(Cl)c1. The van der Waals surface area contributed by atoms with Gasteiger partial charge in [-0.2, -0.15) is 0 Å². The minimum Gasteiger partial charge on any atom is -0.497 e. The molecule has 1 aromatic carbocycles. The van der Waals surface area contributed by atoms with Crippen molar-refractivity contribution in [3.05, 3.63) is 28.8 Å². The van der Waals surface area contributed by atoms with E-state index in [-0.39, 0.29) is 12.3 Å². The summed E-state index contributed by atoms with van der Waals surface area (Å²) in [5, 5.41) is 3.21. The van der Waals surface area contributed by atoms with Crippen LogP contribution in [0.1, 0.15) is 5.56 Å². The van der Waals surface area contributed by atoms with Crippen LogP contribution in [0.4, 0.5) is 0 Å². The lowest BCUT2D eigenvalue weighted by atomic mass is 10.1. The van der Waals surface area contributed by atoms with E-state index in [1.807, 2.05) is 0 Å². The van der Waals surface area contributed by atoms with Crippen molar-refractivity contribution >= 4 is 17.5 Å². The van der Waals surface area contributed by atoms with Gasteiger partial charge in [0.25, 0.3) is 0 Å². The maximum atomic E-state index is 11.4. The molecule has 0 radical (unpaired) electrons. The standard InChI is InChI=1S/C11H15ClN2O2/c1-16-9-3-2-8(10(12)7-9)6-11(15)14-5-4-13/h2-3,7H,4-6,13H2,1H3,(H,14,15). The minimum atomic E-state index is -0.0856. The zero-order valence-electron chi connectivity index (χ0n) is 9.13. The average molecular weight is 243 g/mol. The first kappa shape index (κ1) is 12.8. The molecule has 0 aliphatic rings. The second kappa shape index (κ2) is 6.35. The highest BCUT2D eigenvalue weighted by Gasteiger charge is 2.07. The molecule has 88 valence electrons. The molecule has 3 N–H and O–H groups in total. The van der Waals surface area contributed by atoms with Crippen molar-refractivity contribution in [2.75, 3.05) is 20.2 Å². The summed E-state index contributed by atoms with van der Waals surface area (Å²) in [4.78, 5) is 11.4. The molecule has 4 nitrogen and oxygen atoms in total. The van der Waals surface area contributed by atoms with Gasteiger partial charge < -0.3 is 15.8 Å². The van der Waals surface area contributed by atoms with E-state index in [0.717, 1.165) is 5.56 Å². The Bertz CT molecular complexity index is 369. The van der Waals surface area contributed by atoms with E-state index < -0.39 is 0 Å². The molecule has 0 saturated heterocycles. The lowest BCUT2D eigenvalue weighted by molar-refractivity contribution is -0.120. The highest BCUT2D eigenvalue weighted by Crippen LogP contribution is 2.22. The largest absolute Gasteiger partial charge is 0.497 e. The molecule has 1 rings (SSSR count). The average Bonchev–Trinajstić information content (AvgIpc) is 2.29. The predicted octanol–water partition coefficient (Wildman–Crippen LogP) is 0.966. The van der Waals surface area contributed by atoms with Crippen molar-refractivity contribution in [2.45, 2.75) is 6.42 Å². The number of nitrogens with one attached hydrogen (secondary N) is 1. The van der Waals surface area contributed by atoms with Crippen LogP contribution in [0.25, 0.3) is 0 Å². The normalized spacial score (nSPS) is 9.94. The molecule has 0 saturated carbocycles. The van der Waals surface area contributed by atoms with Crippen LogP contribution in [0, 0.1) is 0 Å². The number of ether oxygens (including phenoxy) is 1. The summed E-state index contributed by atoms with van der Waals surface area (Å²) < 4.78 is 5.02. The van der Waals surface area contributed by atoms with E-state index in [4.69, 9.17) is 22.1 Å². The van der Waals surface area contributed by atoms with Crippen LogP contribution in [0.15, 0.2) is 18.2 Å². The molecule has 0 heterocycles. The van der Waals surface area contributed by atoms with Crippen LogP contribution in [0.3, 0.4) is 0 Å². The highest BCUT2D eigenvalue weighted by molar-refractivity contribution is 6.31. The molecular weight excluding hydrogens is 228 g/mol. The van der Waals surface area contributed by atoms with Gasteiger partial charge in [0.2, 0.25) is 5.91 Å². The van der Waals surface area contributed by atoms with Crippen LogP contribution in [0.2, 0.25) is 5.02 Å². The molecule has 0 spiro atoms. The van der Waals surface area contributed by atoms with E-state index >= 15 is 0 Å². The van der Waals surface area contributed by atoms with Crippen LogP contribution in [-0.2, 0) is 11.2 Å². The number of amides is 1. The summed E-state index contributed by atoms with van der Waals surface area (Å²) >= 11 is 6.00. The van der Waals surface area contributed by atoms with E-state index in [1.165, 1.54) is 0 Å². The molecule has 5 heteroatoms. The van der Waals surface area contributed by atoms with Crippen molar-refractivity contribution in [1.29, 1.82) is 0 Å². The first-order valence-electron chi connectivity index (χ1n) is 4.96. The van der Waals surface area contributed by atoms with Crippen molar-refractivity contribution in [2.24, 2.45) is 5.73 Å². The Morgan fingerprint density at radius 1 is 1.56 bits per heavy atom. The Balaban J connectivity index is 2.63. The quantitative estimate of drug-likeness (QED) is 0.809. The van der Waals surface area contributed by atoms with Gasteiger partial charge in [-0.1, -0.05) is 17.7 Å². The molecule has 0 fully saturated rings. The Kier molecular flexibility index (Phi) is 5.08. The number of halogens is 1. The smallest absolute Gasteiger partial charge is 0.224 e. The molecule has 0 aliphatic carbocycles. The summed E-state index contributed by atoms with van der Waals surface area (Å²) in [6.45, 7) is 0.911. The van der Waals surface area contributed by atoms with Gasteiger partial charge in [0.1, 0.15) is 5.75 Å². The number of rotatable bonds is 5. The van der Waals surface area contributed by atoms with Crippen LogP contribution >= 0.6 is 11.6 Å². The topological polar surface area (TPSA) is 64.3 Å². The fourth-order valence-electron chi connectivity index (χ4n) is 1.25. The number of benzene rings is 1. The van der Waals surface area contributed by atoms with Gasteiger partial charge >= 0.3 is 0 Å². The van der Waals surface area contributed by atoms with Gasteiger partial charge in [0, 0.05) is 18.1 Å². The maximum Gasteiger partial charge on any atom is 0.224 e. The van der Waals surface area contributed by atoms with Crippen molar-refractivity contribution in [1.82, 2.24) is 5.32 Å². The lowest BCUT2D eigenvalue weighted by Crippen LogP contribution is -2.30. The first-order chi connectivity index (χ1) is 7.67. The van der Waals surface area contributed by atoms with Crippen LogP contribution in [0.5, 0.6) is 5.75 Å². The van der Waals surface area contributed by atoms with E-state index in [1.54, 1.807) is 25.3 Å². The highest BCUT2D eigenvalue weighted by atomic mass is 35.5. The fourth-order valence-corrected chi connectivity index (χ4v) is 1.48. The van der Waals surface area contributed by atoms with Crippen molar-refractivity contribution in [3.63, 3.8) is 0 Å². The van der Waals surface area contributed by atoms with Crippen LogP contribution < -0.4 is 15.8 Å². The number of carbonyl (C=O) groups excluding carboxylic acids is 1. The van der Waals surface area contributed by atoms with E-state index in [2.05, 4.69) is 5.32 Å². The summed E-state index contributed by atoms with van der Waals surface area (Å²) in [5.74, 6) is 0.591. The summed E-state index contributed by atoms with van der Waals surface area (Å²) in [6.07, 6.45) is 0.253. The van der Waals surface area contributed by atoms with Crippen molar-refractivity contribution in [3.8, 4) is 5.75 Å². The minimum absolute atomic E-state index is 0.0856. The Hall–Kier alpha value is -1.26. The molecule has 0 unspecified atom stereocenters. The zero-order chi connectivity index (χ0) is 12.0. The van der Waals surface area contributed by atoms with Gasteiger partial charge in [-0.25, -0.2) is 0 Å². The second-order valence-corrected chi connectivity index (χ2v) is 3.68. The Morgan fingerprint density at radius 3 is 2.88 bits per heavy atom. The maximum absolute atomic E-state index is 11.4. The number of methoxy groups -OCH3 is 1. The first-order valence-corrected chi connectivity index (χ1v) is 5.34. The molecule has 1 amide bonds. The monoisotopic (exact) mass is 242 g/mol. The number of carbonyl (C=O) groups is 1. The molecule has 0 aromatic heterocycles. The molecule has 0 bridgehead atoms. The third kappa shape index (κ3) is 3.72. The number of nitrogens with two attached hydrogens (primary N) is 1. The van der Waals surface area contributed by atoms with Crippen molar-refractivity contribution < 1.29 is 9.53 Å². The summed E-state index contributed by atoms with van der Waals surface area (Å²) in [6, 6.07) is 5.24. The number of hydrogen-bond donors (Lipinski definition) is 2. The Labute approximate surface area is 99.7 Å². The second-order valence-electron chi connectivity index (χ2n) is 3.27. The number of hydrogen-bond acceptors (Lipinski definition) is 3. The molecule has 0 aliphatic heterocycles. The predicted molar refractivity (Wildman–Crippen MR) is 63.8 cm³/mol. The van der Waals surface area contributed by atoms with E-state index in [0.29, 0.717) is 23.9 Å². The third-order valence-electron chi connectivity index (χ3n) is 2.08. The third-order valence-corrected chi connectivity index (χ3v) is 2.43. The molecule has 16 heavy (non-hydrogen) atoms. The zero-order valence-corrected chi connectivity index (χ0v) is 9.88. The molecule has 1 aromatic rings. The Morgan fingerprint density at radius 2 is 2.31 bits per heavy atom. The van der Waals surface area contributed by atoms with Gasteiger partial charge in [0.15, 0.2) is 0 Å². The molecular formula is C11H15ClN2O2. The van der Waals surface area contributed by atoms with Gasteiger partial charge in [0.05, 0.1) is 13.5 Å².